The Bertz CT molecular complexity index is 599. The summed E-state index contributed by atoms with van der Waals surface area (Å²) in [6, 6.07) is 5.07. The van der Waals surface area contributed by atoms with E-state index in [-0.39, 0.29) is 18.0 Å². The summed E-state index contributed by atoms with van der Waals surface area (Å²) in [6.07, 6.45) is -1.57. The lowest BCUT2D eigenvalue weighted by Crippen LogP contribution is -2.18. The number of aromatic nitrogens is 3. The zero-order valence-corrected chi connectivity index (χ0v) is 10.7. The molecule has 21 heavy (non-hydrogen) atoms. The van der Waals surface area contributed by atoms with E-state index in [0.29, 0.717) is 6.54 Å². The summed E-state index contributed by atoms with van der Waals surface area (Å²) in [4.78, 5) is 11.7. The van der Waals surface area contributed by atoms with Gasteiger partial charge in [-0.3, -0.25) is 9.48 Å². The quantitative estimate of drug-likeness (QED) is 0.919. The molecule has 0 spiro atoms. The third-order valence-corrected chi connectivity index (χ3v) is 2.39. The molecule has 1 N–H and O–H groups in total. The third kappa shape index (κ3) is 5.13. The Morgan fingerprint density at radius 1 is 1.38 bits per heavy atom. The van der Waals surface area contributed by atoms with Crippen molar-refractivity contribution >= 4 is 11.6 Å². The monoisotopic (exact) mass is 300 g/mol. The highest BCUT2D eigenvalue weighted by molar-refractivity contribution is 5.90. The molecular formula is C12H11F3N4O2. The number of carbonyl (C=O) groups is 1. The molecule has 2 aromatic rings. The maximum atomic E-state index is 12.1. The van der Waals surface area contributed by atoms with E-state index >= 15 is 0 Å². The van der Waals surface area contributed by atoms with Crippen LogP contribution in [-0.2, 0) is 11.3 Å². The largest absolute Gasteiger partial charge is 0.573 e. The third-order valence-electron chi connectivity index (χ3n) is 2.39. The molecule has 0 aliphatic carbocycles. The lowest BCUT2D eigenvalue weighted by atomic mass is 10.3. The number of amides is 1. The van der Waals surface area contributed by atoms with E-state index in [1.54, 1.807) is 6.20 Å². The average molecular weight is 300 g/mol. The molecule has 1 amide bonds. The van der Waals surface area contributed by atoms with Crippen LogP contribution in [0.25, 0.3) is 0 Å². The molecule has 0 atom stereocenters. The van der Waals surface area contributed by atoms with Crippen LogP contribution >= 0.6 is 0 Å². The predicted octanol–water partition coefficient (Wildman–Crippen LogP) is 2.21. The van der Waals surface area contributed by atoms with Gasteiger partial charge in [-0.25, -0.2) is 0 Å². The van der Waals surface area contributed by atoms with Crippen molar-refractivity contribution < 1.29 is 22.7 Å². The molecule has 1 aromatic carbocycles. The zero-order valence-electron chi connectivity index (χ0n) is 10.7. The molecule has 0 fully saturated rings. The normalized spacial score (nSPS) is 11.2. The van der Waals surface area contributed by atoms with Crippen LogP contribution in [0.3, 0.4) is 0 Å². The van der Waals surface area contributed by atoms with Gasteiger partial charge in [0.05, 0.1) is 12.7 Å². The van der Waals surface area contributed by atoms with E-state index < -0.39 is 12.1 Å². The van der Waals surface area contributed by atoms with E-state index in [2.05, 4.69) is 20.4 Å². The first-order valence-corrected chi connectivity index (χ1v) is 5.92. The Hall–Kier alpha value is -2.58. The van der Waals surface area contributed by atoms with Crippen molar-refractivity contribution in [3.63, 3.8) is 0 Å². The summed E-state index contributed by atoms with van der Waals surface area (Å²) in [5.41, 5.74) is 0.223. The number of aryl methyl sites for hydroxylation is 1. The summed E-state index contributed by atoms with van der Waals surface area (Å²) in [6.45, 7) is 0.324. The van der Waals surface area contributed by atoms with Crippen molar-refractivity contribution in [1.82, 2.24) is 15.0 Å². The number of rotatable bonds is 5. The van der Waals surface area contributed by atoms with Gasteiger partial charge in [-0.2, -0.15) is 0 Å². The minimum Gasteiger partial charge on any atom is -0.406 e. The van der Waals surface area contributed by atoms with Gasteiger partial charge in [-0.15, -0.1) is 18.3 Å². The first-order valence-electron chi connectivity index (χ1n) is 5.92. The second-order valence-corrected chi connectivity index (χ2v) is 4.04. The second kappa shape index (κ2) is 6.25. The fourth-order valence-corrected chi connectivity index (χ4v) is 1.56. The van der Waals surface area contributed by atoms with Gasteiger partial charge in [-0.1, -0.05) is 11.3 Å². The number of ether oxygens (including phenoxy) is 1. The fraction of sp³-hybridized carbons (Fsp3) is 0.250. The summed E-state index contributed by atoms with van der Waals surface area (Å²) in [5, 5.41) is 9.76. The minimum atomic E-state index is -4.77. The van der Waals surface area contributed by atoms with Crippen molar-refractivity contribution in [1.29, 1.82) is 0 Å². The Morgan fingerprint density at radius 3 is 2.86 bits per heavy atom. The number of benzene rings is 1. The van der Waals surface area contributed by atoms with Crippen LogP contribution in [0.4, 0.5) is 18.9 Å². The minimum absolute atomic E-state index is 0.119. The number of nitrogens with one attached hydrogen (secondary N) is 1. The number of anilines is 1. The number of hydrogen-bond acceptors (Lipinski definition) is 4. The van der Waals surface area contributed by atoms with Crippen molar-refractivity contribution in [2.45, 2.75) is 19.3 Å². The van der Waals surface area contributed by atoms with Gasteiger partial charge in [0.1, 0.15) is 5.75 Å². The van der Waals surface area contributed by atoms with Gasteiger partial charge in [0.2, 0.25) is 5.91 Å². The first kappa shape index (κ1) is 14.8. The number of alkyl halides is 3. The molecular weight excluding hydrogens is 289 g/mol. The molecule has 0 saturated carbocycles. The molecule has 112 valence electrons. The van der Waals surface area contributed by atoms with Crippen molar-refractivity contribution in [2.24, 2.45) is 0 Å². The maximum Gasteiger partial charge on any atom is 0.573 e. The van der Waals surface area contributed by atoms with Gasteiger partial charge in [0.15, 0.2) is 0 Å². The number of halogens is 3. The molecule has 0 saturated heterocycles. The number of carbonyl (C=O) groups excluding carboxylic acids is 1. The summed E-state index contributed by atoms with van der Waals surface area (Å²) in [5.74, 6) is -0.744. The lowest BCUT2D eigenvalue weighted by Gasteiger charge is -2.10. The Morgan fingerprint density at radius 2 is 2.19 bits per heavy atom. The second-order valence-electron chi connectivity index (χ2n) is 4.04. The van der Waals surface area contributed by atoms with Crippen molar-refractivity contribution in [3.8, 4) is 5.75 Å². The summed E-state index contributed by atoms with van der Waals surface area (Å²) in [7, 11) is 0. The van der Waals surface area contributed by atoms with Gasteiger partial charge in [0.25, 0.3) is 0 Å². The lowest BCUT2D eigenvalue weighted by molar-refractivity contribution is -0.274. The van der Waals surface area contributed by atoms with Crippen LogP contribution < -0.4 is 10.1 Å². The van der Waals surface area contributed by atoms with Gasteiger partial charge in [0, 0.05) is 24.4 Å². The predicted molar refractivity (Wildman–Crippen MR) is 66.4 cm³/mol. The number of nitrogens with zero attached hydrogens (tertiary/aromatic N) is 3. The first-order chi connectivity index (χ1) is 9.92. The molecule has 1 aromatic heterocycles. The maximum absolute atomic E-state index is 12.1. The highest BCUT2D eigenvalue weighted by Crippen LogP contribution is 2.25. The van der Waals surface area contributed by atoms with Gasteiger partial charge in [-0.05, 0) is 12.1 Å². The fourth-order valence-electron chi connectivity index (χ4n) is 1.56. The Labute approximate surface area is 117 Å². The topological polar surface area (TPSA) is 69.0 Å². The van der Waals surface area contributed by atoms with Crippen LogP contribution in [0, 0.1) is 0 Å². The van der Waals surface area contributed by atoms with Crippen molar-refractivity contribution in [3.05, 3.63) is 36.7 Å². The van der Waals surface area contributed by atoms with Gasteiger partial charge < -0.3 is 10.1 Å². The van der Waals surface area contributed by atoms with Gasteiger partial charge >= 0.3 is 6.36 Å². The molecule has 9 heteroatoms. The molecule has 0 radical (unpaired) electrons. The summed E-state index contributed by atoms with van der Waals surface area (Å²) >= 11 is 0. The van der Waals surface area contributed by atoms with E-state index in [0.717, 1.165) is 12.1 Å². The van der Waals surface area contributed by atoms with E-state index in [1.165, 1.54) is 23.0 Å². The van der Waals surface area contributed by atoms with Crippen LogP contribution in [-0.4, -0.2) is 27.3 Å². The molecule has 0 unspecified atom stereocenters. The standard InChI is InChI=1S/C12H11F3N4O2/c13-12(14,15)21-10-3-1-2-9(8-10)17-11(20)4-6-19-7-5-16-18-19/h1-3,5,7-8H,4,6H2,(H,17,20). The highest BCUT2D eigenvalue weighted by atomic mass is 19.4. The Balaban J connectivity index is 1.90. The van der Waals surface area contributed by atoms with Crippen LogP contribution in [0.2, 0.25) is 0 Å². The smallest absolute Gasteiger partial charge is 0.406 e. The van der Waals surface area contributed by atoms with E-state index in [4.69, 9.17) is 0 Å². The van der Waals surface area contributed by atoms with Crippen LogP contribution in [0.5, 0.6) is 5.75 Å². The van der Waals surface area contributed by atoms with E-state index in [9.17, 15) is 18.0 Å². The number of hydrogen-bond donors (Lipinski definition) is 1. The van der Waals surface area contributed by atoms with Crippen molar-refractivity contribution in [2.75, 3.05) is 5.32 Å². The molecule has 0 aliphatic rings. The molecule has 0 bridgehead atoms. The molecule has 6 nitrogen and oxygen atoms in total. The van der Waals surface area contributed by atoms with Crippen LogP contribution in [0.15, 0.2) is 36.7 Å². The molecule has 1 heterocycles. The Kier molecular flexibility index (Phi) is 4.41. The molecule has 0 aliphatic heterocycles. The van der Waals surface area contributed by atoms with E-state index in [1.807, 2.05) is 0 Å². The summed E-state index contributed by atoms with van der Waals surface area (Å²) < 4.78 is 41.5. The SMILES string of the molecule is O=C(CCn1ccnn1)Nc1cccc(OC(F)(F)F)c1. The highest BCUT2D eigenvalue weighted by Gasteiger charge is 2.31. The van der Waals surface area contributed by atoms with Crippen LogP contribution in [0.1, 0.15) is 6.42 Å². The zero-order chi connectivity index (χ0) is 15.3. The molecule has 2 rings (SSSR count). The average Bonchev–Trinajstić information content (AvgIpc) is 2.87.